The Labute approximate surface area is 196 Å². The Kier molecular flexibility index (Phi) is 11.7. The van der Waals surface area contributed by atoms with Crippen LogP contribution in [0.3, 0.4) is 0 Å². The number of hydrogen-bond acceptors (Lipinski definition) is 7. The predicted molar refractivity (Wildman–Crippen MR) is 120 cm³/mol. The molecule has 1 rings (SSSR count). The molecule has 0 spiro atoms. The molecule has 0 aliphatic rings. The summed E-state index contributed by atoms with van der Waals surface area (Å²) in [4.78, 5) is 60.1. The number of carboxylic acids is 2. The Morgan fingerprint density at radius 3 is 1.88 bits per heavy atom. The number of rotatable bonds is 14. The fourth-order valence-electron chi connectivity index (χ4n) is 3.05. The lowest BCUT2D eigenvalue weighted by molar-refractivity contribution is -0.144. The molecule has 34 heavy (non-hydrogen) atoms. The average Bonchev–Trinajstić information content (AvgIpc) is 2.76. The highest BCUT2D eigenvalue weighted by molar-refractivity contribution is 5.95. The first-order valence-electron chi connectivity index (χ1n) is 10.7. The lowest BCUT2D eigenvalue weighted by atomic mass is 10.0. The number of aliphatic hydroxyl groups is 1. The predicted octanol–water partition coefficient (Wildman–Crippen LogP) is -1.39. The van der Waals surface area contributed by atoms with E-state index in [1.807, 2.05) is 0 Å². The van der Waals surface area contributed by atoms with E-state index in [0.717, 1.165) is 5.56 Å². The van der Waals surface area contributed by atoms with Crippen LogP contribution in [-0.4, -0.2) is 75.8 Å². The van der Waals surface area contributed by atoms with Crippen molar-refractivity contribution >= 4 is 29.7 Å². The van der Waals surface area contributed by atoms with Crippen LogP contribution >= 0.6 is 0 Å². The minimum Gasteiger partial charge on any atom is -0.481 e. The molecule has 3 amide bonds. The van der Waals surface area contributed by atoms with E-state index in [9.17, 15) is 34.2 Å². The van der Waals surface area contributed by atoms with E-state index in [1.54, 1.807) is 44.2 Å². The second-order valence-electron chi connectivity index (χ2n) is 8.23. The molecule has 0 radical (unpaired) electrons. The molecule has 0 fully saturated rings. The van der Waals surface area contributed by atoms with Crippen LogP contribution in [0.5, 0.6) is 0 Å². The summed E-state index contributed by atoms with van der Waals surface area (Å²) >= 11 is 0. The second-order valence-corrected chi connectivity index (χ2v) is 8.23. The van der Waals surface area contributed by atoms with Crippen molar-refractivity contribution in [3.63, 3.8) is 0 Å². The summed E-state index contributed by atoms with van der Waals surface area (Å²) in [6.07, 6.45) is -0.586. The van der Waals surface area contributed by atoms with Gasteiger partial charge in [0, 0.05) is 0 Å². The Morgan fingerprint density at radius 1 is 0.853 bits per heavy atom. The fourth-order valence-corrected chi connectivity index (χ4v) is 3.05. The highest BCUT2D eigenvalue weighted by Gasteiger charge is 2.31. The van der Waals surface area contributed by atoms with Crippen molar-refractivity contribution in [2.45, 2.75) is 57.3 Å². The number of carboxylic acid groups (broad SMARTS) is 2. The zero-order valence-electron chi connectivity index (χ0n) is 19.1. The van der Waals surface area contributed by atoms with Crippen LogP contribution in [0.25, 0.3) is 0 Å². The molecule has 0 unspecified atom stereocenters. The lowest BCUT2D eigenvalue weighted by Gasteiger charge is -2.24. The van der Waals surface area contributed by atoms with Gasteiger partial charge in [0.05, 0.1) is 19.1 Å². The summed E-state index contributed by atoms with van der Waals surface area (Å²) in [5.74, 6) is -5.60. The summed E-state index contributed by atoms with van der Waals surface area (Å²) in [7, 11) is 0. The maximum absolute atomic E-state index is 12.6. The van der Waals surface area contributed by atoms with Gasteiger partial charge in [0.25, 0.3) is 0 Å². The number of nitrogens with one attached hydrogen (secondary N) is 3. The first-order valence-corrected chi connectivity index (χ1v) is 10.7. The van der Waals surface area contributed by atoms with Crippen molar-refractivity contribution < 1.29 is 39.3 Å². The monoisotopic (exact) mass is 480 g/mol. The quantitative estimate of drug-likeness (QED) is 0.167. The third-order valence-corrected chi connectivity index (χ3v) is 4.78. The highest BCUT2D eigenvalue weighted by Crippen LogP contribution is 2.07. The standard InChI is InChI=1S/C22H32N4O8/c1-12(2)8-16(22(33)34)25-20(31)15(10-18(28)29)24-21(32)17(11-27)26-19(30)14(23)9-13-6-4-3-5-7-13/h3-7,12,14-17,27H,8-11,23H2,1-2H3,(H,24,32)(H,25,31)(H,26,30)(H,28,29)(H,33,34)/t14-,15-,16-,17-/m0/s1. The van der Waals surface area contributed by atoms with E-state index < -0.39 is 66.9 Å². The molecule has 1 aromatic carbocycles. The molecule has 8 N–H and O–H groups in total. The zero-order chi connectivity index (χ0) is 25.8. The van der Waals surface area contributed by atoms with Crippen molar-refractivity contribution in [3.05, 3.63) is 35.9 Å². The molecule has 0 heterocycles. The first-order chi connectivity index (χ1) is 15.9. The Balaban J connectivity index is 2.84. The van der Waals surface area contributed by atoms with Gasteiger partial charge in [0.2, 0.25) is 17.7 Å². The molecule has 188 valence electrons. The summed E-state index contributed by atoms with van der Waals surface area (Å²) in [6, 6.07) is 3.41. The van der Waals surface area contributed by atoms with E-state index in [0.29, 0.717) is 0 Å². The van der Waals surface area contributed by atoms with Crippen molar-refractivity contribution in [3.8, 4) is 0 Å². The normalized spacial score (nSPS) is 14.4. The van der Waals surface area contributed by atoms with Crippen molar-refractivity contribution in [1.29, 1.82) is 0 Å². The van der Waals surface area contributed by atoms with Gasteiger partial charge in [-0.15, -0.1) is 0 Å². The maximum atomic E-state index is 12.6. The van der Waals surface area contributed by atoms with Crippen LogP contribution in [-0.2, 0) is 30.4 Å². The van der Waals surface area contributed by atoms with Gasteiger partial charge in [-0.3, -0.25) is 19.2 Å². The molecule has 1 aromatic rings. The number of carbonyl (C=O) groups excluding carboxylic acids is 3. The van der Waals surface area contributed by atoms with E-state index in [1.165, 1.54) is 0 Å². The molecule has 0 aliphatic heterocycles. The van der Waals surface area contributed by atoms with Crippen LogP contribution in [0.4, 0.5) is 0 Å². The molecule has 0 saturated heterocycles. The van der Waals surface area contributed by atoms with E-state index >= 15 is 0 Å². The third-order valence-electron chi connectivity index (χ3n) is 4.78. The highest BCUT2D eigenvalue weighted by atomic mass is 16.4. The number of benzene rings is 1. The minimum absolute atomic E-state index is 0.0806. The topological polar surface area (TPSA) is 208 Å². The van der Waals surface area contributed by atoms with Gasteiger partial charge in [-0.05, 0) is 24.3 Å². The molecule has 0 bridgehead atoms. The molecular weight excluding hydrogens is 448 g/mol. The second kappa shape index (κ2) is 13.9. The Morgan fingerprint density at radius 2 is 1.38 bits per heavy atom. The van der Waals surface area contributed by atoms with E-state index in [-0.39, 0.29) is 18.8 Å². The summed E-state index contributed by atoms with van der Waals surface area (Å²) in [5, 5.41) is 34.6. The van der Waals surface area contributed by atoms with Gasteiger partial charge in [0.1, 0.15) is 18.1 Å². The summed E-state index contributed by atoms with van der Waals surface area (Å²) < 4.78 is 0. The van der Waals surface area contributed by atoms with Gasteiger partial charge in [-0.25, -0.2) is 4.79 Å². The molecule has 4 atom stereocenters. The Hall–Kier alpha value is -3.51. The first kappa shape index (κ1) is 28.5. The largest absolute Gasteiger partial charge is 0.481 e. The molecule has 12 nitrogen and oxygen atoms in total. The smallest absolute Gasteiger partial charge is 0.326 e. The Bertz CT molecular complexity index is 862. The van der Waals surface area contributed by atoms with Crippen LogP contribution < -0.4 is 21.7 Å². The van der Waals surface area contributed by atoms with Crippen molar-refractivity contribution in [2.24, 2.45) is 11.7 Å². The number of amides is 3. The van der Waals surface area contributed by atoms with E-state index in [4.69, 9.17) is 10.8 Å². The average molecular weight is 481 g/mol. The SMILES string of the molecule is CC(C)C[C@H](NC(=O)[C@H](CC(=O)O)NC(=O)[C@H](CO)NC(=O)[C@@H](N)Cc1ccccc1)C(=O)O. The molecule has 0 saturated carbocycles. The number of aliphatic hydroxyl groups excluding tert-OH is 1. The van der Waals surface area contributed by atoms with Crippen LogP contribution in [0.2, 0.25) is 0 Å². The van der Waals surface area contributed by atoms with Crippen molar-refractivity contribution in [1.82, 2.24) is 16.0 Å². The maximum Gasteiger partial charge on any atom is 0.326 e. The van der Waals surface area contributed by atoms with E-state index in [2.05, 4.69) is 16.0 Å². The summed E-state index contributed by atoms with van der Waals surface area (Å²) in [6.45, 7) is 2.65. The van der Waals surface area contributed by atoms with Crippen molar-refractivity contribution in [2.75, 3.05) is 6.61 Å². The number of nitrogens with two attached hydrogens (primary N) is 1. The molecule has 0 aromatic heterocycles. The number of hydrogen-bond donors (Lipinski definition) is 7. The molecule has 0 aliphatic carbocycles. The van der Waals surface area contributed by atoms with Crippen LogP contribution in [0.15, 0.2) is 30.3 Å². The number of carbonyl (C=O) groups is 5. The lowest BCUT2D eigenvalue weighted by Crippen LogP contribution is -2.58. The van der Waals surface area contributed by atoms with Gasteiger partial charge in [-0.2, -0.15) is 0 Å². The van der Waals surface area contributed by atoms with Gasteiger partial charge in [0.15, 0.2) is 0 Å². The fraction of sp³-hybridized carbons (Fsp3) is 0.500. The molecular formula is C22H32N4O8. The van der Waals surface area contributed by atoms with Gasteiger partial charge in [-0.1, -0.05) is 44.2 Å². The zero-order valence-corrected chi connectivity index (χ0v) is 19.1. The minimum atomic E-state index is -1.64. The number of aliphatic carboxylic acids is 2. The molecule has 12 heteroatoms. The van der Waals surface area contributed by atoms with Gasteiger partial charge < -0.3 is 37.0 Å². The third kappa shape index (κ3) is 9.96. The van der Waals surface area contributed by atoms with Crippen LogP contribution in [0, 0.1) is 5.92 Å². The summed E-state index contributed by atoms with van der Waals surface area (Å²) in [5.41, 5.74) is 6.65. The van der Waals surface area contributed by atoms with Gasteiger partial charge >= 0.3 is 11.9 Å². The van der Waals surface area contributed by atoms with Crippen LogP contribution in [0.1, 0.15) is 32.3 Å².